The van der Waals surface area contributed by atoms with Crippen molar-refractivity contribution in [3.63, 3.8) is 0 Å². The summed E-state index contributed by atoms with van der Waals surface area (Å²) in [6.45, 7) is 5.97. The number of hydrogen-bond donors (Lipinski definition) is 1. The van der Waals surface area contributed by atoms with E-state index < -0.39 is 5.60 Å². The Morgan fingerprint density at radius 1 is 1.10 bits per heavy atom. The van der Waals surface area contributed by atoms with Crippen LogP contribution in [0, 0.1) is 5.92 Å². The average Bonchev–Trinajstić information content (AvgIpc) is 3.03. The largest absolute Gasteiger partial charge is 0.380 e. The van der Waals surface area contributed by atoms with Gasteiger partial charge < -0.3 is 19.3 Å². The number of amides is 1. The van der Waals surface area contributed by atoms with Crippen LogP contribution in [-0.4, -0.2) is 70.4 Å². The van der Waals surface area contributed by atoms with E-state index in [4.69, 9.17) is 4.74 Å². The standard InChI is InChI=1S/C23H33N3O4/c27-21-18(15-24-8-3-10-30-11-9-24)4-5-20-19-12-17(14-26(20)21)13-25(16-19)22(28)23(29)6-1-2-7-23/h4-5,17,19,29H,1-3,6-16H2/t17-,19+/m0/s1. The number of likely N-dealkylation sites (tertiary alicyclic amines) is 1. The Kier molecular flexibility index (Phi) is 5.45. The van der Waals surface area contributed by atoms with E-state index in [0.717, 1.165) is 63.2 Å². The molecule has 7 nitrogen and oxygen atoms in total. The lowest BCUT2D eigenvalue weighted by Crippen LogP contribution is -2.55. The van der Waals surface area contributed by atoms with Gasteiger partial charge in [0.05, 0.1) is 6.61 Å². The van der Waals surface area contributed by atoms with E-state index in [1.54, 1.807) is 0 Å². The van der Waals surface area contributed by atoms with Crippen LogP contribution in [0.1, 0.15) is 55.7 Å². The van der Waals surface area contributed by atoms with Crippen molar-refractivity contribution >= 4 is 5.91 Å². The highest BCUT2D eigenvalue weighted by molar-refractivity contribution is 5.85. The van der Waals surface area contributed by atoms with E-state index >= 15 is 0 Å². The minimum atomic E-state index is -1.16. The molecule has 0 radical (unpaired) electrons. The SMILES string of the molecule is O=C(N1C[C@@H]2C[C@H](C1)c1ccc(CN3CCCOCC3)c(=O)n1C2)C1(O)CCCC1. The molecular formula is C23H33N3O4. The summed E-state index contributed by atoms with van der Waals surface area (Å²) in [6, 6.07) is 4.09. The minimum absolute atomic E-state index is 0.0921. The molecule has 0 spiro atoms. The van der Waals surface area contributed by atoms with Gasteiger partial charge in [0.2, 0.25) is 0 Å². The molecule has 2 atom stereocenters. The van der Waals surface area contributed by atoms with Crippen LogP contribution in [0.25, 0.3) is 0 Å². The van der Waals surface area contributed by atoms with Crippen molar-refractivity contribution in [3.05, 3.63) is 33.7 Å². The molecule has 0 aromatic carbocycles. The summed E-state index contributed by atoms with van der Waals surface area (Å²) < 4.78 is 7.50. The maximum atomic E-state index is 13.3. The lowest BCUT2D eigenvalue weighted by molar-refractivity contribution is -0.153. The van der Waals surface area contributed by atoms with Gasteiger partial charge in [-0.15, -0.1) is 0 Å². The normalized spacial score (nSPS) is 28.8. The maximum Gasteiger partial charge on any atom is 0.255 e. The number of carbonyl (C=O) groups excluding carboxylic acids is 1. The molecule has 3 fully saturated rings. The van der Waals surface area contributed by atoms with Crippen LogP contribution in [0.15, 0.2) is 16.9 Å². The molecule has 5 rings (SSSR count). The van der Waals surface area contributed by atoms with Gasteiger partial charge in [0.15, 0.2) is 0 Å². The summed E-state index contributed by atoms with van der Waals surface area (Å²) in [4.78, 5) is 30.5. The second-order valence-corrected chi connectivity index (χ2v) is 9.69. The molecule has 1 aliphatic carbocycles. The van der Waals surface area contributed by atoms with Crippen molar-refractivity contribution in [1.29, 1.82) is 0 Å². The second-order valence-electron chi connectivity index (χ2n) is 9.69. The summed E-state index contributed by atoms with van der Waals surface area (Å²) in [5.74, 6) is 0.370. The third kappa shape index (κ3) is 3.72. The van der Waals surface area contributed by atoms with Crippen molar-refractivity contribution < 1.29 is 14.6 Å². The van der Waals surface area contributed by atoms with Gasteiger partial charge in [-0.05, 0) is 50.5 Å². The van der Waals surface area contributed by atoms with E-state index in [2.05, 4.69) is 11.0 Å². The number of hydrogen-bond acceptors (Lipinski definition) is 5. The Labute approximate surface area is 177 Å². The van der Waals surface area contributed by atoms with E-state index in [1.165, 1.54) is 0 Å². The summed E-state index contributed by atoms with van der Waals surface area (Å²) in [5, 5.41) is 10.8. The van der Waals surface area contributed by atoms with Crippen LogP contribution in [-0.2, 0) is 22.6 Å². The molecule has 1 N–H and O–H groups in total. The summed E-state index contributed by atoms with van der Waals surface area (Å²) in [7, 11) is 0. The molecule has 2 saturated heterocycles. The Morgan fingerprint density at radius 2 is 1.93 bits per heavy atom. The van der Waals surface area contributed by atoms with Gasteiger partial charge in [0.25, 0.3) is 11.5 Å². The Morgan fingerprint density at radius 3 is 2.77 bits per heavy atom. The Balaban J connectivity index is 1.34. The molecule has 4 heterocycles. The third-order valence-electron chi connectivity index (χ3n) is 7.51. The highest BCUT2D eigenvalue weighted by atomic mass is 16.5. The smallest absolute Gasteiger partial charge is 0.255 e. The van der Waals surface area contributed by atoms with Gasteiger partial charge in [-0.2, -0.15) is 0 Å². The number of nitrogens with zero attached hydrogens (tertiary/aromatic N) is 3. The van der Waals surface area contributed by atoms with Gasteiger partial charge in [-0.1, -0.05) is 6.07 Å². The van der Waals surface area contributed by atoms with Gasteiger partial charge in [0, 0.05) is 63.1 Å². The highest BCUT2D eigenvalue weighted by Crippen LogP contribution is 2.38. The summed E-state index contributed by atoms with van der Waals surface area (Å²) in [6.07, 6.45) is 5.04. The number of fused-ring (bicyclic) bond motifs is 4. The fraction of sp³-hybridized carbons (Fsp3) is 0.739. The second kappa shape index (κ2) is 8.09. The van der Waals surface area contributed by atoms with E-state index in [1.807, 2.05) is 15.5 Å². The molecule has 1 saturated carbocycles. The molecule has 1 amide bonds. The van der Waals surface area contributed by atoms with Crippen molar-refractivity contribution in [2.24, 2.45) is 5.92 Å². The van der Waals surface area contributed by atoms with Crippen LogP contribution in [0.3, 0.4) is 0 Å². The lowest BCUT2D eigenvalue weighted by atomic mass is 9.82. The van der Waals surface area contributed by atoms with Crippen LogP contribution < -0.4 is 5.56 Å². The first-order valence-corrected chi connectivity index (χ1v) is 11.6. The van der Waals surface area contributed by atoms with Crippen molar-refractivity contribution in [1.82, 2.24) is 14.4 Å². The van der Waals surface area contributed by atoms with Crippen LogP contribution in [0.5, 0.6) is 0 Å². The number of aliphatic hydroxyl groups is 1. The first kappa shape index (κ1) is 20.2. The molecular weight excluding hydrogens is 382 g/mol. The van der Waals surface area contributed by atoms with Gasteiger partial charge in [0.1, 0.15) is 5.60 Å². The predicted octanol–water partition coefficient (Wildman–Crippen LogP) is 1.32. The van der Waals surface area contributed by atoms with Crippen molar-refractivity contribution in [2.75, 3.05) is 39.4 Å². The number of ether oxygens (including phenoxy) is 1. The third-order valence-corrected chi connectivity index (χ3v) is 7.51. The van der Waals surface area contributed by atoms with E-state index in [9.17, 15) is 14.7 Å². The first-order valence-electron chi connectivity index (χ1n) is 11.6. The quantitative estimate of drug-likeness (QED) is 0.806. The van der Waals surface area contributed by atoms with E-state index in [0.29, 0.717) is 39.0 Å². The van der Waals surface area contributed by atoms with Crippen LogP contribution in [0.4, 0.5) is 0 Å². The molecule has 3 aliphatic heterocycles. The zero-order valence-electron chi connectivity index (χ0n) is 17.7. The zero-order chi connectivity index (χ0) is 20.7. The molecule has 1 aromatic rings. The number of pyridine rings is 1. The minimum Gasteiger partial charge on any atom is -0.380 e. The topological polar surface area (TPSA) is 75.0 Å². The summed E-state index contributed by atoms with van der Waals surface area (Å²) >= 11 is 0. The highest BCUT2D eigenvalue weighted by Gasteiger charge is 2.45. The molecule has 1 aromatic heterocycles. The van der Waals surface area contributed by atoms with E-state index in [-0.39, 0.29) is 23.3 Å². The summed E-state index contributed by atoms with van der Waals surface area (Å²) in [5.41, 5.74) is 0.872. The lowest BCUT2D eigenvalue weighted by Gasteiger charge is -2.44. The van der Waals surface area contributed by atoms with Crippen LogP contribution in [0.2, 0.25) is 0 Å². The van der Waals surface area contributed by atoms with Crippen molar-refractivity contribution in [3.8, 4) is 0 Å². The average molecular weight is 416 g/mol. The zero-order valence-corrected chi connectivity index (χ0v) is 17.7. The molecule has 30 heavy (non-hydrogen) atoms. The number of aromatic nitrogens is 1. The van der Waals surface area contributed by atoms with Crippen molar-refractivity contribution in [2.45, 2.75) is 63.1 Å². The van der Waals surface area contributed by atoms with Gasteiger partial charge >= 0.3 is 0 Å². The van der Waals surface area contributed by atoms with Gasteiger partial charge in [-0.25, -0.2) is 0 Å². The predicted molar refractivity (Wildman–Crippen MR) is 112 cm³/mol. The Bertz CT molecular complexity index is 852. The number of piperidine rings is 1. The maximum absolute atomic E-state index is 13.3. The number of rotatable bonds is 3. The molecule has 7 heteroatoms. The molecule has 164 valence electrons. The molecule has 2 bridgehead atoms. The molecule has 4 aliphatic rings. The fourth-order valence-electron chi connectivity index (χ4n) is 5.94. The monoisotopic (exact) mass is 415 g/mol. The van der Waals surface area contributed by atoms with Crippen LogP contribution >= 0.6 is 0 Å². The number of carbonyl (C=O) groups is 1. The molecule has 0 unspecified atom stereocenters. The van der Waals surface area contributed by atoms with Gasteiger partial charge in [-0.3, -0.25) is 14.5 Å². The Hall–Kier alpha value is -1.70. The first-order chi connectivity index (χ1) is 14.5. The fourth-order valence-corrected chi connectivity index (χ4v) is 5.94.